The van der Waals surface area contributed by atoms with Gasteiger partial charge in [0.05, 0.1) is 11.0 Å². The third kappa shape index (κ3) is 4.87. The maximum atomic E-state index is 6.47. The summed E-state index contributed by atoms with van der Waals surface area (Å²) in [4.78, 5) is 15.7. The topological polar surface area (TPSA) is 69.9 Å². The molecule has 8 aromatic carbocycles. The average Bonchev–Trinajstić information content (AvgIpc) is 3.96. The first-order valence-corrected chi connectivity index (χ1v) is 19.0. The van der Waals surface area contributed by atoms with E-state index >= 15 is 0 Å². The molecule has 0 radical (unpaired) electrons. The van der Waals surface area contributed by atoms with Crippen molar-refractivity contribution < 1.29 is 8.83 Å². The second-order valence-corrected chi connectivity index (χ2v) is 14.3. The zero-order valence-electron chi connectivity index (χ0n) is 30.4. The van der Waals surface area contributed by atoms with E-state index in [2.05, 4.69) is 120 Å². The zero-order chi connectivity index (χ0) is 37.5. The first-order chi connectivity index (χ1) is 28.3. The molecular weight excluding hydrogens is 701 g/mol. The fourth-order valence-corrected chi connectivity index (χ4v) is 8.57. The number of hydrogen-bond donors (Lipinski definition) is 0. The van der Waals surface area contributed by atoms with Crippen molar-refractivity contribution in [2.45, 2.75) is 0 Å². The summed E-state index contributed by atoms with van der Waals surface area (Å²) in [5.74, 6) is 1.76. The largest absolute Gasteiger partial charge is 0.456 e. The lowest BCUT2D eigenvalue weighted by atomic mass is 9.99. The molecule has 0 fully saturated rings. The average molecular weight is 731 g/mol. The molecule has 6 heteroatoms. The van der Waals surface area contributed by atoms with Gasteiger partial charge in [-0.2, -0.15) is 0 Å². The van der Waals surface area contributed by atoms with Gasteiger partial charge < -0.3 is 13.4 Å². The first kappa shape index (κ1) is 31.5. The summed E-state index contributed by atoms with van der Waals surface area (Å²) in [5.41, 5.74) is 11.4. The van der Waals surface area contributed by atoms with Crippen LogP contribution in [0.1, 0.15) is 0 Å². The number of rotatable bonds is 5. The Morgan fingerprint density at radius 1 is 0.351 bits per heavy atom. The van der Waals surface area contributed by atoms with Crippen LogP contribution in [0.15, 0.2) is 191 Å². The standard InChI is InChI=1S/C51H30N4O2/c1-3-14-31(15-4-1)34-20-12-26-44-46(34)40-30-33(28-29-43(40)57-44)55-41-24-9-7-18-35(41)36-21-11-23-39(48(36)55)51-53-49(32-16-5-2-6-17-32)52-50(54-51)38-22-13-27-45-47(38)37-19-8-10-25-42(37)56-45/h1-30H. The molecule has 4 heterocycles. The summed E-state index contributed by atoms with van der Waals surface area (Å²) in [7, 11) is 0. The molecule has 0 spiro atoms. The van der Waals surface area contributed by atoms with Gasteiger partial charge >= 0.3 is 0 Å². The minimum absolute atomic E-state index is 0.579. The van der Waals surface area contributed by atoms with E-state index in [9.17, 15) is 0 Å². The van der Waals surface area contributed by atoms with Crippen LogP contribution < -0.4 is 0 Å². The van der Waals surface area contributed by atoms with Crippen molar-refractivity contribution in [2.24, 2.45) is 0 Å². The smallest absolute Gasteiger partial charge is 0.166 e. The monoisotopic (exact) mass is 730 g/mol. The van der Waals surface area contributed by atoms with Crippen molar-refractivity contribution in [3.63, 3.8) is 0 Å². The highest BCUT2D eigenvalue weighted by Gasteiger charge is 2.22. The van der Waals surface area contributed by atoms with Crippen LogP contribution in [0.25, 0.3) is 117 Å². The Bertz CT molecular complexity index is 3530. The number of benzene rings is 8. The van der Waals surface area contributed by atoms with Crippen molar-refractivity contribution in [1.82, 2.24) is 19.5 Å². The SMILES string of the molecule is c1ccc(-c2nc(-c3cccc4oc5ccccc5c34)nc(-c3cccc4c5ccccc5n(-c5ccc6oc7cccc(-c8ccccc8)c7c6c5)c34)n2)cc1. The van der Waals surface area contributed by atoms with Gasteiger partial charge in [-0.1, -0.05) is 133 Å². The van der Waals surface area contributed by atoms with Gasteiger partial charge in [-0.25, -0.2) is 15.0 Å². The van der Waals surface area contributed by atoms with Crippen molar-refractivity contribution in [3.8, 4) is 51.0 Å². The van der Waals surface area contributed by atoms with Crippen LogP contribution in [0, 0.1) is 0 Å². The summed E-state index contributed by atoms with van der Waals surface area (Å²) >= 11 is 0. The molecule has 6 nitrogen and oxygen atoms in total. The maximum absolute atomic E-state index is 6.47. The van der Waals surface area contributed by atoms with E-state index in [0.717, 1.165) is 99.2 Å². The molecule has 0 bridgehead atoms. The van der Waals surface area contributed by atoms with Crippen molar-refractivity contribution >= 4 is 65.7 Å². The van der Waals surface area contributed by atoms with Crippen LogP contribution in [0.4, 0.5) is 0 Å². The fraction of sp³-hybridized carbons (Fsp3) is 0. The van der Waals surface area contributed by atoms with Gasteiger partial charge in [0.2, 0.25) is 0 Å². The number of hydrogen-bond acceptors (Lipinski definition) is 5. The summed E-state index contributed by atoms with van der Waals surface area (Å²) < 4.78 is 15.1. The molecular formula is C51H30N4O2. The van der Waals surface area contributed by atoms with Crippen LogP contribution in [0.2, 0.25) is 0 Å². The maximum Gasteiger partial charge on any atom is 0.166 e. The molecule has 12 rings (SSSR count). The van der Waals surface area contributed by atoms with Crippen molar-refractivity contribution in [2.75, 3.05) is 0 Å². The van der Waals surface area contributed by atoms with Gasteiger partial charge in [0, 0.05) is 54.7 Å². The fourth-order valence-electron chi connectivity index (χ4n) is 8.57. The molecule has 0 unspecified atom stereocenters. The minimum Gasteiger partial charge on any atom is -0.456 e. The van der Waals surface area contributed by atoms with E-state index in [0.29, 0.717) is 17.5 Å². The Morgan fingerprint density at radius 2 is 0.895 bits per heavy atom. The highest BCUT2D eigenvalue weighted by molar-refractivity contribution is 6.16. The molecule has 4 aromatic heterocycles. The third-order valence-corrected chi connectivity index (χ3v) is 11.1. The second-order valence-electron chi connectivity index (χ2n) is 14.3. The summed E-state index contributed by atoms with van der Waals surface area (Å²) in [6.45, 7) is 0. The van der Waals surface area contributed by atoms with Gasteiger partial charge in [0.1, 0.15) is 22.3 Å². The second kappa shape index (κ2) is 12.3. The molecule has 0 aliphatic carbocycles. The Hall–Kier alpha value is -7.83. The van der Waals surface area contributed by atoms with Crippen molar-refractivity contribution in [3.05, 3.63) is 182 Å². The lowest BCUT2D eigenvalue weighted by Gasteiger charge is -2.13. The first-order valence-electron chi connectivity index (χ1n) is 19.0. The quantitative estimate of drug-likeness (QED) is 0.176. The number of fused-ring (bicyclic) bond motifs is 9. The summed E-state index contributed by atoms with van der Waals surface area (Å²) in [5, 5.41) is 6.40. The van der Waals surface area contributed by atoms with Crippen molar-refractivity contribution in [1.29, 1.82) is 0 Å². The van der Waals surface area contributed by atoms with Gasteiger partial charge in [-0.05, 0) is 59.7 Å². The number of nitrogens with zero attached hydrogens (tertiary/aromatic N) is 4. The predicted octanol–water partition coefficient (Wildman–Crippen LogP) is 13.4. The zero-order valence-corrected chi connectivity index (χ0v) is 30.4. The Kier molecular flexibility index (Phi) is 6.83. The van der Waals surface area contributed by atoms with Gasteiger partial charge in [-0.15, -0.1) is 0 Å². The van der Waals surface area contributed by atoms with Crippen LogP contribution in [0.5, 0.6) is 0 Å². The van der Waals surface area contributed by atoms with E-state index in [1.165, 1.54) is 0 Å². The van der Waals surface area contributed by atoms with E-state index in [4.69, 9.17) is 23.8 Å². The number of para-hydroxylation sites is 3. The van der Waals surface area contributed by atoms with Gasteiger partial charge in [0.15, 0.2) is 17.5 Å². The van der Waals surface area contributed by atoms with Crippen LogP contribution in [-0.2, 0) is 0 Å². The molecule has 57 heavy (non-hydrogen) atoms. The molecule has 0 amide bonds. The normalized spacial score (nSPS) is 11.9. The Morgan fingerprint density at radius 3 is 1.68 bits per heavy atom. The van der Waals surface area contributed by atoms with E-state index in [-0.39, 0.29) is 0 Å². The van der Waals surface area contributed by atoms with Gasteiger partial charge in [0.25, 0.3) is 0 Å². The van der Waals surface area contributed by atoms with Crippen LogP contribution in [0.3, 0.4) is 0 Å². The number of furan rings is 2. The highest BCUT2D eigenvalue weighted by Crippen LogP contribution is 2.42. The molecule has 0 saturated heterocycles. The number of aromatic nitrogens is 4. The predicted molar refractivity (Wildman–Crippen MR) is 230 cm³/mol. The molecule has 266 valence electrons. The summed E-state index contributed by atoms with van der Waals surface area (Å²) in [6.07, 6.45) is 0. The lowest BCUT2D eigenvalue weighted by molar-refractivity contribution is 0.668. The Balaban J connectivity index is 1.15. The van der Waals surface area contributed by atoms with Gasteiger partial charge in [-0.3, -0.25) is 0 Å². The summed E-state index contributed by atoms with van der Waals surface area (Å²) in [6, 6.07) is 62.6. The molecule has 0 atom stereocenters. The van der Waals surface area contributed by atoms with E-state index in [1.54, 1.807) is 0 Å². The third-order valence-electron chi connectivity index (χ3n) is 11.1. The van der Waals surface area contributed by atoms with Crippen LogP contribution >= 0.6 is 0 Å². The molecule has 0 saturated carbocycles. The molecule has 0 aliphatic heterocycles. The Labute approximate surface area is 325 Å². The lowest BCUT2D eigenvalue weighted by Crippen LogP contribution is -2.02. The molecule has 0 N–H and O–H groups in total. The van der Waals surface area contributed by atoms with E-state index < -0.39 is 0 Å². The van der Waals surface area contributed by atoms with Crippen LogP contribution in [-0.4, -0.2) is 19.5 Å². The minimum atomic E-state index is 0.579. The molecule has 12 aromatic rings. The van der Waals surface area contributed by atoms with E-state index in [1.807, 2.05) is 66.7 Å². The highest BCUT2D eigenvalue weighted by atomic mass is 16.3. The molecule has 0 aliphatic rings.